The average molecular weight is 289 g/mol. The standard InChI is InChI=1S/C15H19N3OS/c16-13(9-6-7-9)14-17-15(19-18-14)12-8-10-4-2-1-3-5-11(10)20-12/h8-9,13H,1-7,16H2. The number of nitrogens with zero attached hydrogens (tertiary/aromatic N) is 2. The lowest BCUT2D eigenvalue weighted by Gasteiger charge is -2.01. The van der Waals surface area contributed by atoms with Gasteiger partial charge in [-0.05, 0) is 56.1 Å². The van der Waals surface area contributed by atoms with Crippen LogP contribution in [0.15, 0.2) is 10.6 Å². The molecule has 106 valence electrons. The normalized spacial score (nSPS) is 20.4. The molecule has 20 heavy (non-hydrogen) atoms. The predicted octanol–water partition coefficient (Wildman–Crippen LogP) is 3.48. The van der Waals surface area contributed by atoms with Crippen LogP contribution in [0.5, 0.6) is 0 Å². The first-order valence-corrected chi connectivity index (χ1v) is 8.34. The van der Waals surface area contributed by atoms with Gasteiger partial charge in [0.25, 0.3) is 5.89 Å². The quantitative estimate of drug-likeness (QED) is 0.879. The Morgan fingerprint density at radius 1 is 1.25 bits per heavy atom. The molecule has 0 spiro atoms. The van der Waals surface area contributed by atoms with E-state index < -0.39 is 0 Å². The molecule has 0 radical (unpaired) electrons. The first kappa shape index (κ1) is 12.5. The van der Waals surface area contributed by atoms with Crippen LogP contribution >= 0.6 is 11.3 Å². The predicted molar refractivity (Wildman–Crippen MR) is 78.5 cm³/mol. The second-order valence-corrected chi connectivity index (χ2v) is 7.08. The molecule has 2 aliphatic rings. The summed E-state index contributed by atoms with van der Waals surface area (Å²) < 4.78 is 5.43. The molecule has 0 amide bonds. The molecule has 0 bridgehead atoms. The van der Waals surface area contributed by atoms with Crippen molar-refractivity contribution in [3.8, 4) is 10.8 Å². The third-order valence-electron chi connectivity index (χ3n) is 4.33. The van der Waals surface area contributed by atoms with Gasteiger partial charge in [0.15, 0.2) is 5.82 Å². The number of aromatic nitrogens is 2. The summed E-state index contributed by atoms with van der Waals surface area (Å²) >= 11 is 1.81. The highest BCUT2D eigenvalue weighted by Crippen LogP contribution is 2.39. The van der Waals surface area contributed by atoms with E-state index in [9.17, 15) is 0 Å². The first-order valence-electron chi connectivity index (χ1n) is 7.52. The SMILES string of the molecule is NC(c1noc(-c2cc3c(s2)CCCCC3)n1)C1CC1. The Morgan fingerprint density at radius 3 is 2.95 bits per heavy atom. The molecule has 1 saturated carbocycles. The van der Waals surface area contributed by atoms with Crippen molar-refractivity contribution in [1.29, 1.82) is 0 Å². The fourth-order valence-corrected chi connectivity index (χ4v) is 4.08. The first-order chi connectivity index (χ1) is 9.81. The van der Waals surface area contributed by atoms with Gasteiger partial charge < -0.3 is 10.3 Å². The van der Waals surface area contributed by atoms with Crippen molar-refractivity contribution in [3.63, 3.8) is 0 Å². The number of hydrogen-bond donors (Lipinski definition) is 1. The number of rotatable bonds is 3. The molecule has 5 heteroatoms. The van der Waals surface area contributed by atoms with Crippen molar-refractivity contribution in [1.82, 2.24) is 10.1 Å². The fraction of sp³-hybridized carbons (Fsp3) is 0.600. The second kappa shape index (κ2) is 4.97. The van der Waals surface area contributed by atoms with E-state index >= 15 is 0 Å². The molecule has 2 aromatic heterocycles. The molecule has 4 nitrogen and oxygen atoms in total. The van der Waals surface area contributed by atoms with Gasteiger partial charge in [0.05, 0.1) is 10.9 Å². The van der Waals surface area contributed by atoms with Gasteiger partial charge in [-0.1, -0.05) is 11.6 Å². The van der Waals surface area contributed by atoms with Crippen LogP contribution in [0.2, 0.25) is 0 Å². The third kappa shape index (κ3) is 2.29. The molecule has 0 saturated heterocycles. The van der Waals surface area contributed by atoms with E-state index in [2.05, 4.69) is 16.2 Å². The maximum atomic E-state index is 6.13. The Bertz CT molecular complexity index is 591. The van der Waals surface area contributed by atoms with E-state index in [0.717, 1.165) is 4.88 Å². The Hall–Kier alpha value is -1.20. The summed E-state index contributed by atoms with van der Waals surface area (Å²) in [6, 6.07) is 2.19. The van der Waals surface area contributed by atoms with E-state index in [1.807, 2.05) is 11.3 Å². The summed E-state index contributed by atoms with van der Waals surface area (Å²) in [7, 11) is 0. The van der Waals surface area contributed by atoms with Crippen LogP contribution in [0.3, 0.4) is 0 Å². The van der Waals surface area contributed by atoms with E-state index in [4.69, 9.17) is 10.3 Å². The van der Waals surface area contributed by atoms with Gasteiger partial charge in [0.1, 0.15) is 0 Å². The Kier molecular flexibility index (Phi) is 3.11. The van der Waals surface area contributed by atoms with Crippen molar-refractivity contribution in [2.45, 2.75) is 51.0 Å². The summed E-state index contributed by atoms with van der Waals surface area (Å²) in [5, 5.41) is 4.07. The summed E-state index contributed by atoms with van der Waals surface area (Å²) in [6.45, 7) is 0. The third-order valence-corrected chi connectivity index (χ3v) is 5.55. The number of aryl methyl sites for hydroxylation is 2. The van der Waals surface area contributed by atoms with Gasteiger partial charge in [-0.2, -0.15) is 4.98 Å². The van der Waals surface area contributed by atoms with Crippen LogP contribution in [-0.2, 0) is 12.8 Å². The van der Waals surface area contributed by atoms with Crippen molar-refractivity contribution >= 4 is 11.3 Å². The van der Waals surface area contributed by atoms with Crippen LogP contribution in [0.4, 0.5) is 0 Å². The maximum absolute atomic E-state index is 6.13. The number of fused-ring (bicyclic) bond motifs is 1. The zero-order valence-corrected chi connectivity index (χ0v) is 12.3. The van der Waals surface area contributed by atoms with Gasteiger partial charge in [0.2, 0.25) is 0 Å². The smallest absolute Gasteiger partial charge is 0.268 e. The fourth-order valence-electron chi connectivity index (χ4n) is 2.91. The molecular formula is C15H19N3OS. The van der Waals surface area contributed by atoms with Crippen molar-refractivity contribution in [2.24, 2.45) is 11.7 Å². The topological polar surface area (TPSA) is 64.9 Å². The molecule has 2 N–H and O–H groups in total. The minimum atomic E-state index is -0.0507. The van der Waals surface area contributed by atoms with E-state index in [1.54, 1.807) is 0 Å². The van der Waals surface area contributed by atoms with Gasteiger partial charge in [-0.25, -0.2) is 0 Å². The molecule has 4 rings (SSSR count). The zero-order valence-electron chi connectivity index (χ0n) is 11.5. The highest BCUT2D eigenvalue weighted by atomic mass is 32.1. The average Bonchev–Trinajstić information content (AvgIpc) is 3.12. The highest BCUT2D eigenvalue weighted by molar-refractivity contribution is 7.15. The van der Waals surface area contributed by atoms with Crippen LogP contribution in [0.25, 0.3) is 10.8 Å². The minimum Gasteiger partial charge on any atom is -0.333 e. The monoisotopic (exact) mass is 289 g/mol. The van der Waals surface area contributed by atoms with E-state index in [1.165, 1.54) is 55.4 Å². The number of thiophene rings is 1. The van der Waals surface area contributed by atoms with Crippen LogP contribution in [0, 0.1) is 5.92 Å². The summed E-state index contributed by atoms with van der Waals surface area (Å²) in [6.07, 6.45) is 8.71. The lowest BCUT2D eigenvalue weighted by atomic mass is 10.1. The lowest BCUT2D eigenvalue weighted by Crippen LogP contribution is -2.13. The molecular weight excluding hydrogens is 270 g/mol. The molecule has 1 fully saturated rings. The van der Waals surface area contributed by atoms with Crippen molar-refractivity contribution < 1.29 is 4.52 Å². The summed E-state index contributed by atoms with van der Waals surface area (Å²) in [5.74, 6) is 1.88. The molecule has 2 aromatic rings. The largest absolute Gasteiger partial charge is 0.333 e. The zero-order chi connectivity index (χ0) is 13.5. The minimum absolute atomic E-state index is 0.0507. The van der Waals surface area contributed by atoms with Crippen molar-refractivity contribution in [3.05, 3.63) is 22.3 Å². The van der Waals surface area contributed by atoms with E-state index in [0.29, 0.717) is 17.6 Å². The van der Waals surface area contributed by atoms with Crippen LogP contribution < -0.4 is 5.73 Å². The van der Waals surface area contributed by atoms with E-state index in [-0.39, 0.29) is 6.04 Å². The molecule has 0 aliphatic heterocycles. The molecule has 1 unspecified atom stereocenters. The molecule has 2 heterocycles. The Balaban J connectivity index is 1.61. The summed E-state index contributed by atoms with van der Waals surface area (Å²) in [5.41, 5.74) is 7.61. The number of hydrogen-bond acceptors (Lipinski definition) is 5. The Labute approximate surface area is 122 Å². The molecule has 2 aliphatic carbocycles. The maximum Gasteiger partial charge on any atom is 0.268 e. The lowest BCUT2D eigenvalue weighted by molar-refractivity contribution is 0.412. The van der Waals surface area contributed by atoms with Gasteiger partial charge in [-0.15, -0.1) is 11.3 Å². The molecule has 0 aromatic carbocycles. The van der Waals surface area contributed by atoms with Gasteiger partial charge in [0, 0.05) is 4.88 Å². The van der Waals surface area contributed by atoms with Gasteiger partial charge >= 0.3 is 0 Å². The van der Waals surface area contributed by atoms with Crippen LogP contribution in [-0.4, -0.2) is 10.1 Å². The number of nitrogens with two attached hydrogens (primary N) is 1. The molecule has 1 atom stereocenters. The summed E-state index contributed by atoms with van der Waals surface area (Å²) in [4.78, 5) is 7.13. The Morgan fingerprint density at radius 2 is 2.10 bits per heavy atom. The van der Waals surface area contributed by atoms with Crippen molar-refractivity contribution in [2.75, 3.05) is 0 Å². The highest BCUT2D eigenvalue weighted by Gasteiger charge is 2.32. The van der Waals surface area contributed by atoms with Gasteiger partial charge in [-0.3, -0.25) is 0 Å². The van der Waals surface area contributed by atoms with Crippen LogP contribution in [0.1, 0.15) is 54.4 Å². The second-order valence-electron chi connectivity index (χ2n) is 5.94.